The molecule has 1 aliphatic rings. The number of hydrogen-bond acceptors (Lipinski definition) is 11. The van der Waals surface area contributed by atoms with Crippen molar-refractivity contribution in [3.05, 3.63) is 143 Å². The van der Waals surface area contributed by atoms with E-state index in [1.54, 1.807) is 56.9 Å². The average Bonchev–Trinajstić information content (AvgIpc) is 3.83. The van der Waals surface area contributed by atoms with Crippen LogP contribution in [0.15, 0.2) is 120 Å². The summed E-state index contributed by atoms with van der Waals surface area (Å²) < 4.78 is 51.6. The Morgan fingerprint density at radius 1 is 0.893 bits per heavy atom. The Morgan fingerprint density at radius 2 is 1.48 bits per heavy atom. The summed E-state index contributed by atoms with van der Waals surface area (Å²) in [5, 5.41) is 2.64. The number of nitrogens with one attached hydrogen (secondary N) is 2. The smallest absolute Gasteiger partial charge is 0.497 e. The van der Waals surface area contributed by atoms with Gasteiger partial charge in [0.15, 0.2) is 16.9 Å². The van der Waals surface area contributed by atoms with E-state index >= 15 is 0 Å². The van der Waals surface area contributed by atoms with Gasteiger partial charge < -0.3 is 18.9 Å². The van der Waals surface area contributed by atoms with Gasteiger partial charge in [0.05, 0.1) is 27.2 Å². The molecule has 14 nitrogen and oxygen atoms in total. The zero-order chi connectivity index (χ0) is 39.2. The molecule has 3 heterocycles. The van der Waals surface area contributed by atoms with Crippen molar-refractivity contribution in [1.29, 1.82) is 0 Å². The van der Waals surface area contributed by atoms with E-state index in [-0.39, 0.29) is 42.0 Å². The molecule has 4 atom stereocenters. The fraction of sp³-hybridized carbons (Fsp3) is 0.268. The highest BCUT2D eigenvalue weighted by atomic mass is 31.1. The van der Waals surface area contributed by atoms with Gasteiger partial charge in [0, 0.05) is 16.9 Å². The quantitative estimate of drug-likeness (QED) is 0.0804. The summed E-state index contributed by atoms with van der Waals surface area (Å²) in [5.74, 6) is 1.03. The van der Waals surface area contributed by atoms with Crippen molar-refractivity contribution >= 4 is 31.3 Å². The first-order chi connectivity index (χ1) is 27.2. The number of ether oxygens (including phenoxy) is 4. The minimum atomic E-state index is -2.67. The van der Waals surface area contributed by atoms with Crippen molar-refractivity contribution < 1.29 is 37.4 Å². The van der Waals surface area contributed by atoms with E-state index in [0.717, 1.165) is 16.7 Å². The number of carbonyl (C=O) groups excluding carboxylic acids is 1. The molecule has 0 bridgehead atoms. The van der Waals surface area contributed by atoms with Crippen LogP contribution in [0, 0.1) is 5.92 Å². The van der Waals surface area contributed by atoms with Crippen molar-refractivity contribution in [3.8, 4) is 17.2 Å². The summed E-state index contributed by atoms with van der Waals surface area (Å²) in [6.07, 6.45) is -0.848. The van der Waals surface area contributed by atoms with Crippen LogP contribution in [0.25, 0.3) is 11.2 Å². The van der Waals surface area contributed by atoms with Gasteiger partial charge in [-0.05, 0) is 53.1 Å². The summed E-state index contributed by atoms with van der Waals surface area (Å²) in [6.45, 7) is 3.40. The molecule has 15 heteroatoms. The molecule has 1 fully saturated rings. The van der Waals surface area contributed by atoms with E-state index in [0.29, 0.717) is 17.2 Å². The number of anilines is 1. The second-order valence-electron chi connectivity index (χ2n) is 13.3. The number of methoxy groups -OCH3 is 2. The van der Waals surface area contributed by atoms with Crippen molar-refractivity contribution in [2.75, 3.05) is 26.1 Å². The van der Waals surface area contributed by atoms with E-state index in [9.17, 15) is 14.2 Å². The van der Waals surface area contributed by atoms with Crippen LogP contribution in [0.1, 0.15) is 43.2 Å². The first-order valence-corrected chi connectivity index (χ1v) is 19.1. The van der Waals surface area contributed by atoms with Crippen LogP contribution >= 0.6 is 8.25 Å². The molecule has 0 radical (unpaired) electrons. The largest absolute Gasteiger partial charge is 0.750 e. The second-order valence-corrected chi connectivity index (χ2v) is 14.2. The fourth-order valence-electron chi connectivity index (χ4n) is 6.57. The standard InChI is InChI=1S/C41H40N5O9P/c1-26(2)38(47)44-40-43-37-36(39(48)45-40)42-25-46(37)35-23-33(55-56(49)54-32-13-9-6-10-14-32)34(53-35)24-52-41(27-11-7-5-8-12-27,28-15-19-30(50-3)20-16-28)29-17-21-31(51-4)22-18-29/h5-22,25-26,33-35H,23-24H2,1-4H3,(H-,43,44,45,47,48)/p+1. The Bertz CT molecular complexity index is 2290. The van der Waals surface area contributed by atoms with Gasteiger partial charge in [0.2, 0.25) is 11.9 Å². The minimum absolute atomic E-state index is 0.0281. The molecule has 1 amide bonds. The third-order valence-corrected chi connectivity index (χ3v) is 10.3. The van der Waals surface area contributed by atoms with Gasteiger partial charge in [0.25, 0.3) is 5.56 Å². The molecule has 288 valence electrons. The van der Waals surface area contributed by atoms with Crippen molar-refractivity contribution in [2.24, 2.45) is 5.92 Å². The highest BCUT2D eigenvalue weighted by molar-refractivity contribution is 7.33. The van der Waals surface area contributed by atoms with Gasteiger partial charge in [-0.25, -0.2) is 9.51 Å². The number of aromatic amines is 1. The average molecular weight is 779 g/mol. The van der Waals surface area contributed by atoms with E-state index < -0.39 is 37.9 Å². The molecule has 2 N–H and O–H groups in total. The van der Waals surface area contributed by atoms with Crippen molar-refractivity contribution in [1.82, 2.24) is 19.5 Å². The van der Waals surface area contributed by atoms with E-state index in [2.05, 4.69) is 20.3 Å². The van der Waals surface area contributed by atoms with Crippen molar-refractivity contribution in [3.63, 3.8) is 0 Å². The lowest BCUT2D eigenvalue weighted by atomic mass is 9.80. The van der Waals surface area contributed by atoms with E-state index in [1.807, 2.05) is 84.9 Å². The van der Waals surface area contributed by atoms with Gasteiger partial charge in [-0.1, -0.05) is 86.6 Å². The Balaban J connectivity index is 1.27. The number of nitrogens with zero attached hydrogens (tertiary/aromatic N) is 3. The minimum Gasteiger partial charge on any atom is -0.497 e. The number of carbonyl (C=O) groups is 1. The molecule has 6 aromatic rings. The number of rotatable bonds is 15. The predicted molar refractivity (Wildman–Crippen MR) is 208 cm³/mol. The summed E-state index contributed by atoms with van der Waals surface area (Å²) in [5.41, 5.74) is 0.951. The number of fused-ring (bicyclic) bond motifs is 1. The van der Waals surface area contributed by atoms with Crippen molar-refractivity contribution in [2.45, 2.75) is 44.3 Å². The Hall–Kier alpha value is -5.92. The zero-order valence-electron chi connectivity index (χ0n) is 31.2. The predicted octanol–water partition coefficient (Wildman–Crippen LogP) is 7.15. The number of para-hydroxylation sites is 1. The molecular formula is C41H41N5O9P+. The topological polar surface area (TPSA) is 165 Å². The van der Waals surface area contributed by atoms with Crippen LogP contribution in [0.5, 0.6) is 17.2 Å². The first kappa shape index (κ1) is 38.4. The fourth-order valence-corrected chi connectivity index (χ4v) is 7.35. The molecule has 1 saturated heterocycles. The van der Waals surface area contributed by atoms with E-state index in [1.165, 1.54) is 6.33 Å². The highest BCUT2D eigenvalue weighted by Crippen LogP contribution is 2.44. The molecule has 56 heavy (non-hydrogen) atoms. The number of aromatic nitrogens is 4. The number of hydrogen-bond donors (Lipinski definition) is 2. The lowest BCUT2D eigenvalue weighted by Crippen LogP contribution is -2.38. The summed E-state index contributed by atoms with van der Waals surface area (Å²) in [6, 6.07) is 33.8. The Kier molecular flexibility index (Phi) is 11.5. The Labute approximate surface area is 323 Å². The molecule has 4 unspecified atom stereocenters. The molecule has 0 spiro atoms. The van der Waals surface area contributed by atoms with Crippen LogP contribution < -0.4 is 24.9 Å². The summed E-state index contributed by atoms with van der Waals surface area (Å²) >= 11 is 0. The SMILES string of the molecule is COc1ccc(C(OCC2OC(n3cnc4c(=O)[nH]c(NC(=O)C(C)C)nc43)CC2O[P+](=O)Oc2ccccc2)(c2ccccc2)c2ccc(OC)cc2)cc1. The van der Waals surface area contributed by atoms with Crippen LogP contribution in [-0.2, 0) is 29.0 Å². The molecule has 2 aromatic heterocycles. The number of H-pyrrole nitrogens is 1. The maximum atomic E-state index is 13.4. The van der Waals surface area contributed by atoms with Crippen LogP contribution in [0.4, 0.5) is 5.95 Å². The number of imidazole rings is 1. The van der Waals surface area contributed by atoms with Gasteiger partial charge in [-0.15, -0.1) is 4.52 Å². The van der Waals surface area contributed by atoms with Crippen LogP contribution in [0.2, 0.25) is 0 Å². The number of amides is 1. The normalized spacial score (nSPS) is 17.2. The van der Waals surface area contributed by atoms with Crippen LogP contribution in [0.3, 0.4) is 0 Å². The third kappa shape index (κ3) is 8.05. The second kappa shape index (κ2) is 16.8. The lowest BCUT2D eigenvalue weighted by Gasteiger charge is -2.37. The maximum absolute atomic E-state index is 13.4. The summed E-state index contributed by atoms with van der Waals surface area (Å²) in [4.78, 5) is 36.9. The lowest BCUT2D eigenvalue weighted by molar-refractivity contribution is -0.118. The van der Waals surface area contributed by atoms with Gasteiger partial charge in [-0.3, -0.25) is 24.5 Å². The number of benzene rings is 4. The summed E-state index contributed by atoms with van der Waals surface area (Å²) in [7, 11) is 0.547. The maximum Gasteiger partial charge on any atom is 0.750 e. The van der Waals surface area contributed by atoms with Crippen LogP contribution in [-0.4, -0.2) is 58.5 Å². The highest BCUT2D eigenvalue weighted by Gasteiger charge is 2.47. The molecule has 1 aliphatic heterocycles. The molecule has 0 aliphatic carbocycles. The molecule has 0 saturated carbocycles. The monoisotopic (exact) mass is 778 g/mol. The van der Waals surface area contributed by atoms with Gasteiger partial charge >= 0.3 is 8.25 Å². The Morgan fingerprint density at radius 3 is 2.07 bits per heavy atom. The molecule has 7 rings (SSSR count). The van der Waals surface area contributed by atoms with E-state index in [4.69, 9.17) is 28.0 Å². The molecule has 4 aromatic carbocycles. The first-order valence-electron chi connectivity index (χ1n) is 18.0. The van der Waals surface area contributed by atoms with Gasteiger partial charge in [0.1, 0.15) is 35.5 Å². The third-order valence-electron chi connectivity index (χ3n) is 9.47. The van der Waals surface area contributed by atoms with Gasteiger partial charge in [-0.2, -0.15) is 4.98 Å². The zero-order valence-corrected chi connectivity index (χ0v) is 32.1. The molecular weight excluding hydrogens is 737 g/mol.